The molecular weight excluding hydrogens is 202 g/mol. The van der Waals surface area contributed by atoms with Gasteiger partial charge in [-0.25, -0.2) is 0 Å². The summed E-state index contributed by atoms with van der Waals surface area (Å²) < 4.78 is 0. The second-order valence-electron chi connectivity index (χ2n) is 1.15. The summed E-state index contributed by atoms with van der Waals surface area (Å²) in [5.74, 6) is -2.44. The van der Waals surface area contributed by atoms with Gasteiger partial charge in [0.1, 0.15) is 0 Å². The van der Waals surface area contributed by atoms with Gasteiger partial charge in [-0.05, 0) is 0 Å². The van der Waals surface area contributed by atoms with Gasteiger partial charge < -0.3 is 31.3 Å². The fourth-order valence-corrected chi connectivity index (χ4v) is 0. The standard InChI is InChI=1S/2C2H5NO2.K.Na/c2*3-1-2(4)5;;/h2*1,3H2,(H,4,5);;/q;;2*+1/p-2. The van der Waals surface area contributed by atoms with Crippen LogP contribution in [-0.4, -0.2) is 25.0 Å². The summed E-state index contributed by atoms with van der Waals surface area (Å²) in [7, 11) is 0. The van der Waals surface area contributed by atoms with Gasteiger partial charge in [0.2, 0.25) is 0 Å². The van der Waals surface area contributed by atoms with Crippen molar-refractivity contribution in [3.8, 4) is 0 Å². The van der Waals surface area contributed by atoms with Crippen LogP contribution >= 0.6 is 0 Å². The maximum atomic E-state index is 9.13. The Balaban J connectivity index is -0.0000000457. The Hall–Kier alpha value is 1.50. The summed E-state index contributed by atoms with van der Waals surface area (Å²) in [5, 5.41) is 18.3. The molecule has 6 nitrogen and oxygen atoms in total. The van der Waals surface area contributed by atoms with E-state index in [1.54, 1.807) is 0 Å². The second-order valence-corrected chi connectivity index (χ2v) is 1.15. The number of hydrogen-bond donors (Lipinski definition) is 2. The molecule has 0 rings (SSSR count). The Kier molecular flexibility index (Phi) is 35.7. The van der Waals surface area contributed by atoms with Gasteiger partial charge in [0, 0.05) is 13.1 Å². The summed E-state index contributed by atoms with van der Waals surface area (Å²) in [6, 6.07) is 0. The average Bonchev–Trinajstić information content (AvgIpc) is 1.89. The number of carbonyl (C=O) groups excluding carboxylic acids is 2. The van der Waals surface area contributed by atoms with E-state index in [1.165, 1.54) is 0 Å². The molecule has 0 spiro atoms. The molecule has 0 saturated heterocycles. The summed E-state index contributed by atoms with van der Waals surface area (Å²) in [5.41, 5.74) is 9.02. The molecule has 0 fully saturated rings. The van der Waals surface area contributed by atoms with E-state index in [-0.39, 0.29) is 94.0 Å². The molecule has 4 N–H and O–H groups in total. The van der Waals surface area contributed by atoms with Crippen LogP contribution < -0.4 is 103 Å². The predicted molar refractivity (Wildman–Crippen MR) is 28.1 cm³/mol. The minimum absolute atomic E-state index is 0. The van der Waals surface area contributed by atoms with Gasteiger partial charge in [0.25, 0.3) is 0 Å². The van der Waals surface area contributed by atoms with E-state index >= 15 is 0 Å². The first kappa shape index (κ1) is 23.4. The van der Waals surface area contributed by atoms with Crippen LogP contribution in [0.5, 0.6) is 0 Å². The smallest absolute Gasteiger partial charge is 0.549 e. The normalized spacial score (nSPS) is 6.17. The molecule has 0 radical (unpaired) electrons. The van der Waals surface area contributed by atoms with E-state index in [2.05, 4.69) is 11.5 Å². The van der Waals surface area contributed by atoms with Crippen LogP contribution in [0.4, 0.5) is 0 Å². The fourth-order valence-electron chi connectivity index (χ4n) is 0. The number of aliphatic carboxylic acids is 2. The Labute approximate surface area is 135 Å². The zero-order valence-electron chi connectivity index (χ0n) is 7.20. The van der Waals surface area contributed by atoms with E-state index < -0.39 is 11.9 Å². The number of hydrogen-bond acceptors (Lipinski definition) is 6. The van der Waals surface area contributed by atoms with Gasteiger partial charge in [-0.1, -0.05) is 0 Å². The van der Waals surface area contributed by atoms with Crippen molar-refractivity contribution >= 4 is 11.9 Å². The van der Waals surface area contributed by atoms with Gasteiger partial charge >= 0.3 is 80.9 Å². The van der Waals surface area contributed by atoms with Gasteiger partial charge in [-0.15, -0.1) is 0 Å². The third-order valence-electron chi connectivity index (χ3n) is 0.333. The fraction of sp³-hybridized carbons (Fsp3) is 0.500. The molecule has 0 saturated carbocycles. The Bertz CT molecular complexity index is 110. The minimum Gasteiger partial charge on any atom is -0.549 e. The molecule has 12 heavy (non-hydrogen) atoms. The second kappa shape index (κ2) is 18.3. The van der Waals surface area contributed by atoms with E-state index in [9.17, 15) is 0 Å². The summed E-state index contributed by atoms with van der Waals surface area (Å²) in [6.07, 6.45) is 0. The maximum Gasteiger partial charge on any atom is 1.00 e. The topological polar surface area (TPSA) is 132 Å². The van der Waals surface area contributed by atoms with Crippen LogP contribution in [0.1, 0.15) is 0 Å². The van der Waals surface area contributed by atoms with Crippen molar-refractivity contribution in [2.24, 2.45) is 11.5 Å². The zero-order chi connectivity index (χ0) is 8.57. The van der Waals surface area contributed by atoms with Crippen LogP contribution in [-0.2, 0) is 9.59 Å². The third kappa shape index (κ3) is 41.9. The molecule has 0 bridgehead atoms. The van der Waals surface area contributed by atoms with Crippen LogP contribution in [0, 0.1) is 0 Å². The Morgan fingerprint density at radius 1 is 1.00 bits per heavy atom. The van der Waals surface area contributed by atoms with E-state index in [4.69, 9.17) is 19.8 Å². The monoisotopic (exact) mass is 210 g/mol. The summed E-state index contributed by atoms with van der Waals surface area (Å²) >= 11 is 0. The SMILES string of the molecule is NCC(=O)[O-].NCC(=O)[O-].[K+].[Na+]. The van der Waals surface area contributed by atoms with E-state index in [0.29, 0.717) is 0 Å². The van der Waals surface area contributed by atoms with Gasteiger partial charge in [0.05, 0.1) is 11.9 Å². The molecular formula is C4H8KN2NaO4. The van der Waals surface area contributed by atoms with Crippen LogP contribution in [0.3, 0.4) is 0 Å². The van der Waals surface area contributed by atoms with Crippen LogP contribution in [0.2, 0.25) is 0 Å². The first-order chi connectivity index (χ1) is 4.54. The molecule has 0 amide bonds. The molecule has 0 aliphatic rings. The predicted octanol–water partition coefficient (Wildman–Crippen LogP) is -10.6. The third-order valence-corrected chi connectivity index (χ3v) is 0.333. The summed E-state index contributed by atoms with van der Waals surface area (Å²) in [6.45, 7) is -0.778. The van der Waals surface area contributed by atoms with Crippen molar-refractivity contribution in [2.75, 3.05) is 13.1 Å². The first-order valence-corrected chi connectivity index (χ1v) is 2.34. The van der Waals surface area contributed by atoms with Crippen LogP contribution in [0.15, 0.2) is 0 Å². The molecule has 0 unspecified atom stereocenters. The molecule has 0 aromatic carbocycles. The molecule has 60 valence electrons. The first-order valence-electron chi connectivity index (χ1n) is 2.34. The minimum atomic E-state index is -1.22. The molecule has 0 aromatic heterocycles. The number of carbonyl (C=O) groups is 2. The molecule has 0 aliphatic carbocycles. The number of nitrogens with two attached hydrogens (primary N) is 2. The van der Waals surface area contributed by atoms with Crippen molar-refractivity contribution in [1.82, 2.24) is 0 Å². The van der Waals surface area contributed by atoms with Crippen molar-refractivity contribution in [3.05, 3.63) is 0 Å². The summed E-state index contributed by atoms with van der Waals surface area (Å²) in [4.78, 5) is 18.3. The maximum absolute atomic E-state index is 9.13. The molecule has 0 atom stereocenters. The number of rotatable bonds is 2. The van der Waals surface area contributed by atoms with Crippen molar-refractivity contribution in [2.45, 2.75) is 0 Å². The van der Waals surface area contributed by atoms with Gasteiger partial charge in [-0.2, -0.15) is 0 Å². The zero-order valence-corrected chi connectivity index (χ0v) is 12.3. The molecule has 8 heteroatoms. The van der Waals surface area contributed by atoms with E-state index in [1.807, 2.05) is 0 Å². The largest absolute Gasteiger partial charge is 1.00 e. The Morgan fingerprint density at radius 2 is 1.08 bits per heavy atom. The number of carboxylic acids is 2. The molecule has 0 heterocycles. The van der Waals surface area contributed by atoms with Gasteiger partial charge in [-0.3, -0.25) is 0 Å². The number of carboxylic acid groups (broad SMARTS) is 2. The quantitative estimate of drug-likeness (QED) is 0.435. The van der Waals surface area contributed by atoms with Crippen molar-refractivity contribution in [3.63, 3.8) is 0 Å². The average molecular weight is 210 g/mol. The van der Waals surface area contributed by atoms with Crippen LogP contribution in [0.25, 0.3) is 0 Å². The van der Waals surface area contributed by atoms with Gasteiger partial charge in [0.15, 0.2) is 0 Å². The molecule has 0 aliphatic heterocycles. The van der Waals surface area contributed by atoms with Crippen molar-refractivity contribution in [1.29, 1.82) is 0 Å². The van der Waals surface area contributed by atoms with E-state index in [0.717, 1.165) is 0 Å². The molecule has 0 aromatic rings. The van der Waals surface area contributed by atoms with Crippen molar-refractivity contribution < 1.29 is 101 Å². The Morgan fingerprint density at radius 3 is 1.08 bits per heavy atom.